The quantitative estimate of drug-likeness (QED) is 0.193. The molecule has 1 atom stereocenters. The summed E-state index contributed by atoms with van der Waals surface area (Å²) in [4.78, 5) is 4.27. The van der Waals surface area contributed by atoms with Gasteiger partial charge in [-0.1, -0.05) is 12.7 Å². The van der Waals surface area contributed by atoms with Crippen LogP contribution in [0.5, 0.6) is 0 Å². The SMILES string of the molecule is C=C(Nc1ccc(NCC(C=N)CN)c(C)c1)/C(C=N)=C(/NC1=CCCc2ncccc21)C(F)(F)F. The van der Waals surface area contributed by atoms with E-state index < -0.39 is 17.4 Å². The number of nitrogens with two attached hydrogens (primary N) is 1. The van der Waals surface area contributed by atoms with E-state index in [-0.39, 0.29) is 11.6 Å². The molecule has 0 amide bonds. The molecule has 10 heteroatoms. The number of hydrogen-bond acceptors (Lipinski definition) is 7. The lowest BCUT2D eigenvalue weighted by Crippen LogP contribution is -2.29. The molecule has 0 radical (unpaired) electrons. The summed E-state index contributed by atoms with van der Waals surface area (Å²) in [6.45, 7) is 6.48. The van der Waals surface area contributed by atoms with Crippen LogP contribution in [0.15, 0.2) is 66.2 Å². The first-order valence-corrected chi connectivity index (χ1v) is 11.4. The minimum atomic E-state index is -4.75. The maximum Gasteiger partial charge on any atom is 0.431 e. The van der Waals surface area contributed by atoms with Gasteiger partial charge in [0.15, 0.2) is 0 Å². The normalized spacial score (nSPS) is 14.5. The molecule has 1 aliphatic rings. The number of pyridine rings is 1. The summed E-state index contributed by atoms with van der Waals surface area (Å²) < 4.78 is 42.4. The molecule has 7 nitrogen and oxygen atoms in total. The lowest BCUT2D eigenvalue weighted by molar-refractivity contribution is -0.0955. The Kier molecular flexibility index (Phi) is 8.65. The van der Waals surface area contributed by atoms with Gasteiger partial charge in [-0.15, -0.1) is 0 Å². The zero-order valence-corrected chi connectivity index (χ0v) is 20.0. The van der Waals surface area contributed by atoms with E-state index in [1.807, 2.05) is 6.92 Å². The highest BCUT2D eigenvalue weighted by Crippen LogP contribution is 2.33. The van der Waals surface area contributed by atoms with Crippen molar-refractivity contribution in [3.8, 4) is 0 Å². The van der Waals surface area contributed by atoms with E-state index in [4.69, 9.17) is 16.6 Å². The second-order valence-corrected chi connectivity index (χ2v) is 8.39. The molecule has 0 saturated carbocycles. The number of halogens is 3. The standard InChI is InChI=1S/C26H30F3N7/c1-16-11-19(8-9-22(16)34-15-18(12-30)13-31)35-17(2)21(14-32)25(26(27,28)29)36-24-7-3-6-23-20(24)5-4-10-33-23/h4-5,7-12,14,18,30,32,34-36H,2-3,6,13,15,31H2,1H3/b25-21+,30-12?,32-14?. The lowest BCUT2D eigenvalue weighted by atomic mass is 9.99. The van der Waals surface area contributed by atoms with Gasteiger partial charge in [-0.2, -0.15) is 13.2 Å². The summed E-state index contributed by atoms with van der Waals surface area (Å²) in [5.74, 6) is -0.0995. The van der Waals surface area contributed by atoms with Crippen molar-refractivity contribution in [1.29, 1.82) is 10.8 Å². The molecule has 0 fully saturated rings. The molecule has 1 aromatic carbocycles. The zero-order chi connectivity index (χ0) is 26.3. The van der Waals surface area contributed by atoms with Gasteiger partial charge < -0.3 is 32.5 Å². The van der Waals surface area contributed by atoms with Gasteiger partial charge in [-0.3, -0.25) is 4.98 Å². The van der Waals surface area contributed by atoms with E-state index in [1.165, 1.54) is 6.21 Å². The average molecular weight is 498 g/mol. The van der Waals surface area contributed by atoms with Crippen LogP contribution < -0.4 is 21.7 Å². The summed E-state index contributed by atoms with van der Waals surface area (Å²) in [5.41, 5.74) is 7.89. The highest BCUT2D eigenvalue weighted by atomic mass is 19.4. The lowest BCUT2D eigenvalue weighted by Gasteiger charge is -2.24. The van der Waals surface area contributed by atoms with Crippen LogP contribution in [0.2, 0.25) is 0 Å². The molecule has 1 heterocycles. The van der Waals surface area contributed by atoms with Crippen molar-refractivity contribution in [2.75, 3.05) is 23.7 Å². The zero-order valence-electron chi connectivity index (χ0n) is 20.0. The number of anilines is 2. The topological polar surface area (TPSA) is 123 Å². The van der Waals surface area contributed by atoms with E-state index in [2.05, 4.69) is 27.5 Å². The highest BCUT2D eigenvalue weighted by molar-refractivity contribution is 5.86. The van der Waals surface area contributed by atoms with Gasteiger partial charge in [-0.05, 0) is 55.7 Å². The Bertz CT molecular complexity index is 1200. The fourth-order valence-electron chi connectivity index (χ4n) is 3.83. The Morgan fingerprint density at radius 1 is 1.25 bits per heavy atom. The van der Waals surface area contributed by atoms with E-state index >= 15 is 0 Å². The first-order chi connectivity index (χ1) is 17.2. The average Bonchev–Trinajstić information content (AvgIpc) is 2.85. The molecule has 7 N–H and O–H groups in total. The van der Waals surface area contributed by atoms with Crippen LogP contribution in [-0.4, -0.2) is 36.7 Å². The summed E-state index contributed by atoms with van der Waals surface area (Å²) in [6, 6.07) is 8.66. The van der Waals surface area contributed by atoms with Crippen molar-refractivity contribution in [1.82, 2.24) is 10.3 Å². The number of hydrogen-bond donors (Lipinski definition) is 6. The number of benzene rings is 1. The monoisotopic (exact) mass is 497 g/mol. The van der Waals surface area contributed by atoms with E-state index in [1.54, 1.807) is 42.6 Å². The van der Waals surface area contributed by atoms with E-state index in [0.717, 1.165) is 16.9 Å². The number of fused-ring (bicyclic) bond motifs is 1. The van der Waals surface area contributed by atoms with Crippen LogP contribution in [0.4, 0.5) is 24.5 Å². The number of alkyl halides is 3. The van der Waals surface area contributed by atoms with Crippen LogP contribution >= 0.6 is 0 Å². The number of rotatable bonds is 11. The summed E-state index contributed by atoms with van der Waals surface area (Å²) in [7, 11) is 0. The molecule has 1 unspecified atom stereocenters. The molecular weight excluding hydrogens is 467 g/mol. The van der Waals surface area contributed by atoms with Crippen molar-refractivity contribution in [2.45, 2.75) is 25.9 Å². The minimum Gasteiger partial charge on any atom is -0.384 e. The molecule has 2 aromatic rings. The fraction of sp³-hybridized carbons (Fsp3) is 0.269. The molecule has 1 aromatic heterocycles. The van der Waals surface area contributed by atoms with Crippen molar-refractivity contribution in [3.05, 3.63) is 83.0 Å². The highest BCUT2D eigenvalue weighted by Gasteiger charge is 2.38. The van der Waals surface area contributed by atoms with Crippen LogP contribution in [0.25, 0.3) is 5.70 Å². The second kappa shape index (κ2) is 11.7. The molecule has 36 heavy (non-hydrogen) atoms. The summed E-state index contributed by atoms with van der Waals surface area (Å²) in [6.07, 6.45) is 1.71. The number of allylic oxidation sites excluding steroid dienone is 3. The molecule has 0 bridgehead atoms. The predicted molar refractivity (Wildman–Crippen MR) is 139 cm³/mol. The Labute approximate surface area is 208 Å². The van der Waals surface area contributed by atoms with E-state index in [9.17, 15) is 13.2 Å². The number of aromatic nitrogens is 1. The first kappa shape index (κ1) is 26.7. The first-order valence-electron chi connectivity index (χ1n) is 11.4. The Morgan fingerprint density at radius 2 is 2.03 bits per heavy atom. The van der Waals surface area contributed by atoms with Gasteiger partial charge in [0, 0.05) is 77.2 Å². The Balaban J connectivity index is 1.84. The molecule has 1 aliphatic carbocycles. The number of nitrogens with one attached hydrogen (secondary N) is 5. The van der Waals surface area contributed by atoms with Crippen LogP contribution in [0.1, 0.15) is 23.2 Å². The second-order valence-electron chi connectivity index (χ2n) is 8.39. The van der Waals surface area contributed by atoms with Gasteiger partial charge in [0.2, 0.25) is 0 Å². The Morgan fingerprint density at radius 3 is 2.67 bits per heavy atom. The minimum absolute atomic E-state index is 0.0697. The maximum absolute atomic E-state index is 14.1. The van der Waals surface area contributed by atoms with E-state index in [0.29, 0.717) is 49.1 Å². The smallest absolute Gasteiger partial charge is 0.384 e. The molecule has 0 saturated heterocycles. The number of nitrogens with zero attached hydrogens (tertiary/aromatic N) is 1. The Hall–Kier alpha value is -3.92. The van der Waals surface area contributed by atoms with Gasteiger partial charge in [0.05, 0.1) is 0 Å². The van der Waals surface area contributed by atoms with Crippen LogP contribution in [0.3, 0.4) is 0 Å². The maximum atomic E-state index is 14.1. The molecular formula is C26H30F3N7. The predicted octanol–water partition coefficient (Wildman–Crippen LogP) is 4.99. The summed E-state index contributed by atoms with van der Waals surface area (Å²) in [5, 5.41) is 23.7. The molecule has 0 spiro atoms. The van der Waals surface area contributed by atoms with Gasteiger partial charge in [0.1, 0.15) is 5.70 Å². The van der Waals surface area contributed by atoms with Gasteiger partial charge in [0.25, 0.3) is 0 Å². The van der Waals surface area contributed by atoms with Crippen molar-refractivity contribution >= 4 is 29.5 Å². The molecule has 3 rings (SSSR count). The molecule has 0 aliphatic heterocycles. The van der Waals surface area contributed by atoms with Gasteiger partial charge >= 0.3 is 6.18 Å². The summed E-state index contributed by atoms with van der Waals surface area (Å²) >= 11 is 0. The third-order valence-electron chi connectivity index (χ3n) is 5.81. The third-order valence-corrected chi connectivity index (χ3v) is 5.81. The largest absolute Gasteiger partial charge is 0.431 e. The third kappa shape index (κ3) is 6.39. The van der Waals surface area contributed by atoms with Crippen LogP contribution in [0, 0.1) is 23.7 Å². The van der Waals surface area contributed by atoms with Gasteiger partial charge in [-0.25, -0.2) is 0 Å². The van der Waals surface area contributed by atoms with Crippen LogP contribution in [-0.2, 0) is 6.42 Å². The van der Waals surface area contributed by atoms with Crippen molar-refractivity contribution in [3.63, 3.8) is 0 Å². The fourth-order valence-corrected chi connectivity index (χ4v) is 3.83. The van der Waals surface area contributed by atoms with Crippen molar-refractivity contribution < 1.29 is 13.2 Å². The number of aryl methyl sites for hydroxylation is 2. The molecule has 190 valence electrons. The van der Waals surface area contributed by atoms with Crippen molar-refractivity contribution in [2.24, 2.45) is 11.7 Å².